The van der Waals surface area contributed by atoms with Crippen LogP contribution < -0.4 is 5.56 Å². The SMILES string of the molecule is Cc1noc(C[C@H]2CO[C@@H]3CN(C(=O)c4cccc(=O)n4C)C[C@H]23)n1. The molecule has 0 saturated carbocycles. The van der Waals surface area contributed by atoms with Crippen LogP contribution in [0.5, 0.6) is 0 Å². The standard InChI is InChI=1S/C17H20N4O4/c1-10-18-15(25-19-10)6-11-9-24-14-8-21(7-12(11)14)17(23)13-4-3-5-16(22)20(13)2/h3-5,11-12,14H,6-9H2,1-2H3/t11-,12+,14+/m0/s1. The van der Waals surface area contributed by atoms with Crippen molar-refractivity contribution in [3.05, 3.63) is 46.0 Å². The molecule has 0 unspecified atom stereocenters. The summed E-state index contributed by atoms with van der Waals surface area (Å²) in [6.07, 6.45) is 0.687. The van der Waals surface area contributed by atoms with E-state index in [9.17, 15) is 9.59 Å². The van der Waals surface area contributed by atoms with Crippen LogP contribution in [0.25, 0.3) is 0 Å². The summed E-state index contributed by atoms with van der Waals surface area (Å²) >= 11 is 0. The number of carbonyl (C=O) groups excluding carboxylic acids is 1. The van der Waals surface area contributed by atoms with E-state index < -0.39 is 0 Å². The van der Waals surface area contributed by atoms with Gasteiger partial charge in [-0.15, -0.1) is 0 Å². The molecule has 4 heterocycles. The van der Waals surface area contributed by atoms with Crippen molar-refractivity contribution >= 4 is 5.91 Å². The topological polar surface area (TPSA) is 90.5 Å². The molecule has 0 radical (unpaired) electrons. The first-order valence-electron chi connectivity index (χ1n) is 8.39. The van der Waals surface area contributed by atoms with Crippen LogP contribution >= 0.6 is 0 Å². The van der Waals surface area contributed by atoms with Gasteiger partial charge < -0.3 is 18.7 Å². The summed E-state index contributed by atoms with van der Waals surface area (Å²) in [5.41, 5.74) is 0.211. The number of aromatic nitrogens is 3. The fraction of sp³-hybridized carbons (Fsp3) is 0.529. The smallest absolute Gasteiger partial charge is 0.270 e. The summed E-state index contributed by atoms with van der Waals surface area (Å²) in [5, 5.41) is 3.82. The van der Waals surface area contributed by atoms with Crippen LogP contribution in [0, 0.1) is 18.8 Å². The van der Waals surface area contributed by atoms with Gasteiger partial charge in [-0.05, 0) is 18.9 Å². The van der Waals surface area contributed by atoms with Gasteiger partial charge in [-0.2, -0.15) is 4.98 Å². The first-order chi connectivity index (χ1) is 12.0. The lowest BCUT2D eigenvalue weighted by Crippen LogP contribution is -2.35. The van der Waals surface area contributed by atoms with Crippen LogP contribution in [0.1, 0.15) is 22.2 Å². The van der Waals surface area contributed by atoms with Gasteiger partial charge in [-0.3, -0.25) is 9.59 Å². The molecule has 2 saturated heterocycles. The van der Waals surface area contributed by atoms with Crippen molar-refractivity contribution in [2.24, 2.45) is 18.9 Å². The number of rotatable bonds is 3. The summed E-state index contributed by atoms with van der Waals surface area (Å²) in [5.74, 6) is 1.60. The molecule has 2 fully saturated rings. The van der Waals surface area contributed by atoms with E-state index in [0.29, 0.717) is 43.5 Å². The van der Waals surface area contributed by atoms with Crippen molar-refractivity contribution in [1.29, 1.82) is 0 Å². The molecule has 2 aliphatic heterocycles. The molecule has 4 rings (SSSR count). The van der Waals surface area contributed by atoms with Crippen molar-refractivity contribution in [2.75, 3.05) is 19.7 Å². The average molecular weight is 344 g/mol. The molecule has 2 aliphatic rings. The molecule has 1 amide bonds. The van der Waals surface area contributed by atoms with E-state index in [1.165, 1.54) is 10.6 Å². The number of hydrogen-bond acceptors (Lipinski definition) is 6. The van der Waals surface area contributed by atoms with Crippen LogP contribution in [0.4, 0.5) is 0 Å². The summed E-state index contributed by atoms with van der Waals surface area (Å²) in [7, 11) is 1.61. The van der Waals surface area contributed by atoms with Gasteiger partial charge in [0, 0.05) is 38.5 Å². The number of carbonyl (C=O) groups is 1. The van der Waals surface area contributed by atoms with Gasteiger partial charge in [0.15, 0.2) is 5.82 Å². The first-order valence-corrected chi connectivity index (χ1v) is 8.39. The van der Waals surface area contributed by atoms with E-state index >= 15 is 0 Å². The Morgan fingerprint density at radius 2 is 2.20 bits per heavy atom. The van der Waals surface area contributed by atoms with Gasteiger partial charge >= 0.3 is 0 Å². The number of ether oxygens (including phenoxy) is 1. The highest BCUT2D eigenvalue weighted by Crippen LogP contribution is 2.35. The van der Waals surface area contributed by atoms with Crippen LogP contribution in [0.3, 0.4) is 0 Å². The molecule has 0 bridgehead atoms. The quantitative estimate of drug-likeness (QED) is 0.801. The summed E-state index contributed by atoms with van der Waals surface area (Å²) in [6.45, 7) is 3.60. The number of aryl methyl sites for hydroxylation is 1. The highest BCUT2D eigenvalue weighted by Gasteiger charge is 2.46. The van der Waals surface area contributed by atoms with Crippen molar-refractivity contribution in [2.45, 2.75) is 19.4 Å². The van der Waals surface area contributed by atoms with Crippen LogP contribution in [-0.4, -0.2) is 51.3 Å². The molecule has 2 aromatic heterocycles. The van der Waals surface area contributed by atoms with E-state index in [2.05, 4.69) is 10.1 Å². The fourth-order valence-electron chi connectivity index (χ4n) is 3.76. The van der Waals surface area contributed by atoms with Gasteiger partial charge in [0.2, 0.25) is 5.89 Å². The second-order valence-electron chi connectivity index (χ2n) is 6.75. The second-order valence-corrected chi connectivity index (χ2v) is 6.75. The molecule has 8 nitrogen and oxygen atoms in total. The minimum Gasteiger partial charge on any atom is -0.376 e. The Morgan fingerprint density at radius 1 is 1.36 bits per heavy atom. The zero-order valence-corrected chi connectivity index (χ0v) is 14.2. The zero-order valence-electron chi connectivity index (χ0n) is 14.2. The Bertz CT molecular complexity index is 858. The maximum absolute atomic E-state index is 12.8. The molecule has 0 aliphatic carbocycles. The summed E-state index contributed by atoms with van der Waals surface area (Å²) in [4.78, 5) is 30.6. The zero-order chi connectivity index (χ0) is 17.6. The van der Waals surface area contributed by atoms with Gasteiger partial charge in [0.25, 0.3) is 11.5 Å². The Hall–Kier alpha value is -2.48. The van der Waals surface area contributed by atoms with E-state index in [1.807, 2.05) is 0 Å². The minimum atomic E-state index is -0.189. The molecule has 3 atom stereocenters. The van der Waals surface area contributed by atoms with Crippen LogP contribution in [0.2, 0.25) is 0 Å². The Morgan fingerprint density at radius 3 is 2.96 bits per heavy atom. The van der Waals surface area contributed by atoms with Gasteiger partial charge in [-0.1, -0.05) is 11.2 Å². The third-order valence-corrected chi connectivity index (χ3v) is 5.14. The minimum absolute atomic E-state index is 0.0266. The van der Waals surface area contributed by atoms with E-state index in [-0.39, 0.29) is 29.4 Å². The number of nitrogens with zero attached hydrogens (tertiary/aromatic N) is 4. The third-order valence-electron chi connectivity index (χ3n) is 5.14. The molecular formula is C17H20N4O4. The van der Waals surface area contributed by atoms with E-state index in [0.717, 1.165) is 0 Å². The molecule has 2 aromatic rings. The summed E-state index contributed by atoms with van der Waals surface area (Å²) < 4.78 is 12.5. The lowest BCUT2D eigenvalue weighted by atomic mass is 9.90. The van der Waals surface area contributed by atoms with E-state index in [1.54, 1.807) is 31.0 Å². The largest absolute Gasteiger partial charge is 0.376 e. The molecule has 0 N–H and O–H groups in total. The summed E-state index contributed by atoms with van der Waals surface area (Å²) in [6, 6.07) is 4.74. The lowest BCUT2D eigenvalue weighted by Gasteiger charge is -2.20. The number of fused-ring (bicyclic) bond motifs is 1. The van der Waals surface area contributed by atoms with E-state index in [4.69, 9.17) is 9.26 Å². The highest BCUT2D eigenvalue weighted by atomic mass is 16.5. The number of likely N-dealkylation sites (tertiary alicyclic amines) is 1. The average Bonchev–Trinajstić information content (AvgIpc) is 3.27. The Balaban J connectivity index is 1.48. The van der Waals surface area contributed by atoms with Gasteiger partial charge in [-0.25, -0.2) is 0 Å². The lowest BCUT2D eigenvalue weighted by molar-refractivity contribution is 0.0667. The highest BCUT2D eigenvalue weighted by molar-refractivity contribution is 5.92. The van der Waals surface area contributed by atoms with Gasteiger partial charge in [0.1, 0.15) is 5.69 Å². The molecule has 0 aromatic carbocycles. The molecule has 0 spiro atoms. The maximum Gasteiger partial charge on any atom is 0.270 e. The number of pyridine rings is 1. The molecule has 8 heteroatoms. The predicted molar refractivity (Wildman–Crippen MR) is 87.0 cm³/mol. The molecule has 132 valence electrons. The fourth-order valence-corrected chi connectivity index (χ4v) is 3.76. The van der Waals surface area contributed by atoms with Crippen LogP contribution in [-0.2, 0) is 18.2 Å². The van der Waals surface area contributed by atoms with Crippen molar-refractivity contribution in [1.82, 2.24) is 19.6 Å². The van der Waals surface area contributed by atoms with Crippen molar-refractivity contribution < 1.29 is 14.1 Å². The Kier molecular flexibility index (Phi) is 3.91. The predicted octanol–water partition coefficient (Wildman–Crippen LogP) is 0.406. The van der Waals surface area contributed by atoms with Gasteiger partial charge in [0.05, 0.1) is 12.7 Å². The molecular weight excluding hydrogens is 324 g/mol. The number of amides is 1. The normalized spacial score (nSPS) is 25.4. The monoisotopic (exact) mass is 344 g/mol. The van der Waals surface area contributed by atoms with Crippen LogP contribution in [0.15, 0.2) is 27.5 Å². The van der Waals surface area contributed by atoms with Crippen molar-refractivity contribution in [3.8, 4) is 0 Å². The maximum atomic E-state index is 12.8. The first kappa shape index (κ1) is 16.0. The molecule has 25 heavy (non-hydrogen) atoms. The third kappa shape index (κ3) is 2.86. The Labute approximate surface area is 144 Å². The second kappa shape index (κ2) is 6.11. The van der Waals surface area contributed by atoms with Crippen molar-refractivity contribution in [3.63, 3.8) is 0 Å². The number of hydrogen-bond donors (Lipinski definition) is 0.